The Morgan fingerprint density at radius 3 is 2.84 bits per heavy atom. The van der Waals surface area contributed by atoms with Crippen LogP contribution in [0.15, 0.2) is 40.9 Å². The minimum Gasteiger partial charge on any atom is -0.329 e. The molecule has 1 heterocycles. The van der Waals surface area contributed by atoms with E-state index in [2.05, 4.69) is 26.2 Å². The van der Waals surface area contributed by atoms with Crippen molar-refractivity contribution in [3.63, 3.8) is 0 Å². The van der Waals surface area contributed by atoms with Gasteiger partial charge in [0.15, 0.2) is 5.13 Å². The van der Waals surface area contributed by atoms with E-state index in [4.69, 9.17) is 0 Å². The summed E-state index contributed by atoms with van der Waals surface area (Å²) in [6, 6.07) is 11.0. The summed E-state index contributed by atoms with van der Waals surface area (Å²) in [6.45, 7) is 1.86. The highest BCUT2D eigenvalue weighted by atomic mass is 79.9. The molecule has 0 amide bonds. The zero-order chi connectivity index (χ0) is 13.4. The van der Waals surface area contributed by atoms with Crippen LogP contribution in [0.25, 0.3) is 10.2 Å². The lowest BCUT2D eigenvalue weighted by atomic mass is 10.2. The largest absolute Gasteiger partial charge is 0.329 e. The van der Waals surface area contributed by atoms with Crippen molar-refractivity contribution < 1.29 is 4.39 Å². The highest BCUT2D eigenvalue weighted by Crippen LogP contribution is 2.31. The number of aryl methyl sites for hydroxylation is 1. The zero-order valence-corrected chi connectivity index (χ0v) is 12.5. The molecule has 0 radical (unpaired) electrons. The molecular weight excluding hydrogens is 327 g/mol. The fraction of sp³-hybridized carbons (Fsp3) is 0.0714. The van der Waals surface area contributed by atoms with Gasteiger partial charge in [0.25, 0.3) is 0 Å². The van der Waals surface area contributed by atoms with Gasteiger partial charge in [-0.25, -0.2) is 9.37 Å². The first-order valence-electron chi connectivity index (χ1n) is 5.71. The average Bonchev–Trinajstić information content (AvgIpc) is 2.74. The molecule has 0 saturated heterocycles. The van der Waals surface area contributed by atoms with Crippen molar-refractivity contribution in [2.75, 3.05) is 5.32 Å². The zero-order valence-electron chi connectivity index (χ0n) is 10.1. The summed E-state index contributed by atoms with van der Waals surface area (Å²) in [5.41, 5.74) is 2.25. The quantitative estimate of drug-likeness (QED) is 0.691. The van der Waals surface area contributed by atoms with Crippen LogP contribution in [0.5, 0.6) is 0 Å². The minimum atomic E-state index is -0.263. The first kappa shape index (κ1) is 12.6. The third-order valence-corrected chi connectivity index (χ3v) is 4.14. The number of anilines is 2. The summed E-state index contributed by atoms with van der Waals surface area (Å²) >= 11 is 4.93. The van der Waals surface area contributed by atoms with Crippen molar-refractivity contribution in [2.45, 2.75) is 6.92 Å². The van der Waals surface area contributed by atoms with E-state index < -0.39 is 0 Å². The molecule has 0 aliphatic heterocycles. The van der Waals surface area contributed by atoms with Gasteiger partial charge in [-0.3, -0.25) is 0 Å². The maximum atomic E-state index is 13.8. The normalized spacial score (nSPS) is 10.9. The van der Waals surface area contributed by atoms with Gasteiger partial charge < -0.3 is 5.32 Å². The molecule has 0 aliphatic carbocycles. The molecular formula is C14H10BrFN2S. The monoisotopic (exact) mass is 336 g/mol. The molecule has 0 bridgehead atoms. The van der Waals surface area contributed by atoms with Crippen LogP contribution in [0, 0.1) is 12.7 Å². The van der Waals surface area contributed by atoms with Crippen molar-refractivity contribution in [2.24, 2.45) is 0 Å². The molecule has 5 heteroatoms. The summed E-state index contributed by atoms with van der Waals surface area (Å²) < 4.78 is 15.8. The lowest BCUT2D eigenvalue weighted by Crippen LogP contribution is -1.93. The average molecular weight is 337 g/mol. The van der Waals surface area contributed by atoms with Crippen LogP contribution in [0.3, 0.4) is 0 Å². The first-order valence-corrected chi connectivity index (χ1v) is 7.32. The van der Waals surface area contributed by atoms with Gasteiger partial charge in [-0.1, -0.05) is 33.3 Å². The molecule has 96 valence electrons. The van der Waals surface area contributed by atoms with Crippen LogP contribution in [0.1, 0.15) is 5.56 Å². The summed E-state index contributed by atoms with van der Waals surface area (Å²) in [4.78, 5) is 4.43. The van der Waals surface area contributed by atoms with E-state index in [0.717, 1.165) is 20.3 Å². The number of aromatic nitrogens is 1. The van der Waals surface area contributed by atoms with Crippen LogP contribution in [-0.4, -0.2) is 4.98 Å². The Morgan fingerprint density at radius 2 is 2.05 bits per heavy atom. The van der Waals surface area contributed by atoms with E-state index in [1.54, 1.807) is 6.07 Å². The molecule has 19 heavy (non-hydrogen) atoms. The molecule has 2 aromatic carbocycles. The summed E-state index contributed by atoms with van der Waals surface area (Å²) in [5.74, 6) is -0.263. The number of nitrogens with one attached hydrogen (secondary N) is 1. The van der Waals surface area contributed by atoms with Gasteiger partial charge in [-0.2, -0.15) is 0 Å². The van der Waals surface area contributed by atoms with E-state index in [1.165, 1.54) is 17.4 Å². The van der Waals surface area contributed by atoms with Gasteiger partial charge >= 0.3 is 0 Å². The van der Waals surface area contributed by atoms with Crippen LogP contribution in [0.2, 0.25) is 0 Å². The van der Waals surface area contributed by atoms with Crippen molar-refractivity contribution in [3.05, 3.63) is 52.3 Å². The fourth-order valence-electron chi connectivity index (χ4n) is 1.79. The predicted molar refractivity (Wildman–Crippen MR) is 81.7 cm³/mol. The Labute approximate surface area is 122 Å². The molecule has 0 unspecified atom stereocenters. The highest BCUT2D eigenvalue weighted by molar-refractivity contribution is 9.10. The predicted octanol–water partition coefficient (Wildman–Crippen LogP) is 5.25. The summed E-state index contributed by atoms with van der Waals surface area (Å²) in [5, 5.41) is 3.72. The molecule has 0 aliphatic rings. The number of thiazole rings is 1. The van der Waals surface area contributed by atoms with E-state index in [0.29, 0.717) is 10.8 Å². The second-order valence-electron chi connectivity index (χ2n) is 4.24. The van der Waals surface area contributed by atoms with E-state index in [-0.39, 0.29) is 5.82 Å². The maximum absolute atomic E-state index is 13.8. The molecule has 0 saturated carbocycles. The van der Waals surface area contributed by atoms with Gasteiger partial charge in [0.05, 0.1) is 15.9 Å². The molecule has 1 N–H and O–H groups in total. The third kappa shape index (κ3) is 2.62. The number of halogens is 2. The Bertz CT molecular complexity index is 754. The molecule has 3 rings (SSSR count). The van der Waals surface area contributed by atoms with Crippen molar-refractivity contribution in [1.29, 1.82) is 0 Å². The number of nitrogens with zero attached hydrogens (tertiary/aromatic N) is 1. The van der Waals surface area contributed by atoms with Gasteiger partial charge in [-0.15, -0.1) is 0 Å². The summed E-state index contributed by atoms with van der Waals surface area (Å²) in [6.07, 6.45) is 0. The first-order chi connectivity index (χ1) is 9.11. The Morgan fingerprint density at radius 1 is 1.21 bits per heavy atom. The smallest absolute Gasteiger partial charge is 0.188 e. The van der Waals surface area contributed by atoms with Crippen LogP contribution in [-0.2, 0) is 0 Å². The van der Waals surface area contributed by atoms with Crippen molar-refractivity contribution in [3.8, 4) is 0 Å². The Kier molecular flexibility index (Phi) is 3.24. The lowest BCUT2D eigenvalue weighted by molar-refractivity contribution is 0.630. The number of hydrogen-bond donors (Lipinski definition) is 1. The minimum absolute atomic E-state index is 0.263. The summed E-state index contributed by atoms with van der Waals surface area (Å²) in [7, 11) is 0. The van der Waals surface area contributed by atoms with E-state index in [1.807, 2.05) is 31.2 Å². The number of hydrogen-bond acceptors (Lipinski definition) is 3. The van der Waals surface area contributed by atoms with Crippen LogP contribution >= 0.6 is 27.3 Å². The molecule has 0 spiro atoms. The van der Waals surface area contributed by atoms with E-state index >= 15 is 0 Å². The third-order valence-electron chi connectivity index (χ3n) is 2.72. The number of fused-ring (bicyclic) bond motifs is 1. The van der Waals surface area contributed by atoms with Crippen molar-refractivity contribution >= 4 is 48.3 Å². The molecule has 2 nitrogen and oxygen atoms in total. The van der Waals surface area contributed by atoms with Gasteiger partial charge in [0, 0.05) is 4.47 Å². The van der Waals surface area contributed by atoms with Gasteiger partial charge in [-0.05, 0) is 42.8 Å². The number of rotatable bonds is 2. The van der Waals surface area contributed by atoms with Gasteiger partial charge in [0.2, 0.25) is 0 Å². The highest BCUT2D eigenvalue weighted by Gasteiger charge is 2.07. The topological polar surface area (TPSA) is 24.9 Å². The lowest BCUT2D eigenvalue weighted by Gasteiger charge is -2.04. The second-order valence-corrected chi connectivity index (χ2v) is 6.19. The second kappa shape index (κ2) is 4.90. The SMILES string of the molecule is Cc1ccc(Nc2nc3ccc(Br)cc3s2)c(F)c1. The Balaban J connectivity index is 1.96. The van der Waals surface area contributed by atoms with Crippen LogP contribution in [0.4, 0.5) is 15.2 Å². The van der Waals surface area contributed by atoms with Crippen molar-refractivity contribution in [1.82, 2.24) is 4.98 Å². The standard InChI is InChI=1S/C14H10BrFN2S/c1-8-2-4-11(10(16)6-8)17-14-18-12-5-3-9(15)7-13(12)19-14/h2-7H,1H3,(H,17,18). The molecule has 1 aromatic heterocycles. The fourth-order valence-corrected chi connectivity index (χ4v) is 3.22. The molecule has 0 fully saturated rings. The van der Waals surface area contributed by atoms with E-state index in [9.17, 15) is 4.39 Å². The van der Waals surface area contributed by atoms with Gasteiger partial charge in [0.1, 0.15) is 5.82 Å². The number of benzene rings is 2. The Hall–Kier alpha value is -1.46. The molecule has 3 aromatic rings. The van der Waals surface area contributed by atoms with Crippen LogP contribution < -0.4 is 5.32 Å². The molecule has 0 atom stereocenters. The maximum Gasteiger partial charge on any atom is 0.188 e.